The van der Waals surface area contributed by atoms with Gasteiger partial charge in [-0.1, -0.05) is 6.58 Å². The van der Waals surface area contributed by atoms with Crippen molar-refractivity contribution in [1.82, 2.24) is 9.88 Å². The van der Waals surface area contributed by atoms with E-state index in [-0.39, 0.29) is 12.3 Å². The number of carboxylic acid groups (broad SMARTS) is 1. The van der Waals surface area contributed by atoms with E-state index in [2.05, 4.69) is 11.9 Å². The Labute approximate surface area is 112 Å². The second-order valence-corrected chi connectivity index (χ2v) is 4.42. The van der Waals surface area contributed by atoms with Crippen molar-refractivity contribution in [2.75, 3.05) is 6.54 Å². The summed E-state index contributed by atoms with van der Waals surface area (Å²) in [6.07, 6.45) is 6.53. The van der Waals surface area contributed by atoms with E-state index in [4.69, 9.17) is 5.11 Å². The molecule has 2 N–H and O–H groups in total. The van der Waals surface area contributed by atoms with Crippen LogP contribution in [-0.2, 0) is 22.7 Å². The van der Waals surface area contributed by atoms with Crippen molar-refractivity contribution in [2.24, 2.45) is 0 Å². The van der Waals surface area contributed by atoms with Crippen LogP contribution >= 0.6 is 0 Å². The van der Waals surface area contributed by atoms with Crippen LogP contribution in [0.15, 0.2) is 30.9 Å². The summed E-state index contributed by atoms with van der Waals surface area (Å²) >= 11 is 0. The number of imidazole rings is 1. The number of rotatable bonds is 8. The van der Waals surface area contributed by atoms with Crippen LogP contribution < -0.4 is 9.88 Å². The third-order valence-corrected chi connectivity index (χ3v) is 2.60. The lowest BCUT2D eigenvalue weighted by Crippen LogP contribution is -2.34. The highest BCUT2D eigenvalue weighted by Crippen LogP contribution is 1.91. The number of carbonyl (C=O) groups is 2. The number of hydrogen-bond donors (Lipinski definition) is 2. The van der Waals surface area contributed by atoms with Crippen LogP contribution in [0, 0.1) is 0 Å². The lowest BCUT2D eigenvalue weighted by atomic mass is 10.3. The molecule has 0 radical (unpaired) electrons. The first-order valence-electron chi connectivity index (χ1n) is 6.19. The summed E-state index contributed by atoms with van der Waals surface area (Å²) in [5, 5.41) is 11.3. The Kier molecular flexibility index (Phi) is 5.78. The minimum absolute atomic E-state index is 0.114. The number of carbonyl (C=O) groups excluding carboxylic acids is 1. The van der Waals surface area contributed by atoms with Gasteiger partial charge in [-0.15, -0.1) is 0 Å². The number of carboxylic acids is 1. The monoisotopic (exact) mass is 266 g/mol. The van der Waals surface area contributed by atoms with Crippen LogP contribution in [0.3, 0.4) is 0 Å². The van der Waals surface area contributed by atoms with E-state index in [1.165, 1.54) is 0 Å². The summed E-state index contributed by atoms with van der Waals surface area (Å²) in [6.45, 7) is 7.07. The average Bonchev–Trinajstić information content (AvgIpc) is 2.79. The maximum Gasteiger partial charge on any atom is 0.307 e. The third kappa shape index (κ3) is 5.85. The molecule has 0 atom stereocenters. The molecular weight excluding hydrogens is 246 g/mol. The van der Waals surface area contributed by atoms with E-state index in [0.717, 1.165) is 13.0 Å². The normalized spacial score (nSPS) is 10.2. The molecule has 19 heavy (non-hydrogen) atoms. The second kappa shape index (κ2) is 7.35. The molecular formula is C13H20N3O3+. The zero-order valence-corrected chi connectivity index (χ0v) is 11.1. The van der Waals surface area contributed by atoms with Gasteiger partial charge in [-0.2, -0.15) is 0 Å². The van der Waals surface area contributed by atoms with Crippen molar-refractivity contribution in [3.05, 3.63) is 30.9 Å². The Hall–Kier alpha value is -2.11. The van der Waals surface area contributed by atoms with Crippen LogP contribution in [0.1, 0.15) is 19.8 Å². The highest BCUT2D eigenvalue weighted by atomic mass is 16.4. The highest BCUT2D eigenvalue weighted by Gasteiger charge is 2.06. The molecule has 0 aliphatic heterocycles. The van der Waals surface area contributed by atoms with E-state index in [0.29, 0.717) is 18.7 Å². The third-order valence-electron chi connectivity index (χ3n) is 2.60. The van der Waals surface area contributed by atoms with Crippen molar-refractivity contribution >= 4 is 11.9 Å². The van der Waals surface area contributed by atoms with E-state index in [9.17, 15) is 9.59 Å². The first-order chi connectivity index (χ1) is 8.99. The highest BCUT2D eigenvalue weighted by molar-refractivity contribution is 5.91. The van der Waals surface area contributed by atoms with Crippen LogP contribution in [0.4, 0.5) is 0 Å². The quantitative estimate of drug-likeness (QED) is 0.404. The van der Waals surface area contributed by atoms with Crippen molar-refractivity contribution in [3.63, 3.8) is 0 Å². The van der Waals surface area contributed by atoms with Gasteiger partial charge in [0.05, 0.1) is 13.0 Å². The Morgan fingerprint density at radius 1 is 1.47 bits per heavy atom. The maximum absolute atomic E-state index is 11.2. The summed E-state index contributed by atoms with van der Waals surface area (Å²) in [5.74, 6) is -0.924. The van der Waals surface area contributed by atoms with Gasteiger partial charge < -0.3 is 10.4 Å². The lowest BCUT2D eigenvalue weighted by molar-refractivity contribution is -0.696. The van der Waals surface area contributed by atoms with E-state index in [1.54, 1.807) is 6.92 Å². The van der Waals surface area contributed by atoms with Crippen molar-refractivity contribution in [2.45, 2.75) is 32.9 Å². The fourth-order valence-electron chi connectivity index (χ4n) is 1.54. The smallest absolute Gasteiger partial charge is 0.307 e. The fourth-order valence-corrected chi connectivity index (χ4v) is 1.54. The predicted octanol–water partition coefficient (Wildman–Crippen LogP) is 0.333. The zero-order chi connectivity index (χ0) is 14.3. The van der Waals surface area contributed by atoms with Crippen LogP contribution in [-0.4, -0.2) is 28.1 Å². The van der Waals surface area contributed by atoms with Gasteiger partial charge in [-0.05, 0) is 6.92 Å². The Bertz CT molecular complexity index is 465. The number of nitrogens with one attached hydrogen (secondary N) is 1. The van der Waals surface area contributed by atoms with E-state index >= 15 is 0 Å². The summed E-state index contributed by atoms with van der Waals surface area (Å²) in [6, 6.07) is 0. The minimum atomic E-state index is -0.803. The van der Waals surface area contributed by atoms with Gasteiger partial charge in [-0.3, -0.25) is 9.59 Å². The number of hydrogen-bond acceptors (Lipinski definition) is 2. The molecule has 1 amide bonds. The molecule has 1 heterocycles. The molecule has 6 nitrogen and oxygen atoms in total. The molecule has 0 bridgehead atoms. The molecule has 0 saturated carbocycles. The van der Waals surface area contributed by atoms with Crippen molar-refractivity contribution in [3.8, 4) is 0 Å². The molecule has 6 heteroatoms. The van der Waals surface area contributed by atoms with Gasteiger partial charge in [-0.25, -0.2) is 9.13 Å². The summed E-state index contributed by atoms with van der Waals surface area (Å²) in [4.78, 5) is 21.7. The number of aliphatic carboxylic acids is 1. The Morgan fingerprint density at radius 3 is 2.84 bits per heavy atom. The Morgan fingerprint density at radius 2 is 2.21 bits per heavy atom. The second-order valence-electron chi connectivity index (χ2n) is 4.42. The molecule has 0 aliphatic rings. The molecule has 1 aromatic rings. The topological polar surface area (TPSA) is 75.2 Å². The predicted molar refractivity (Wildman–Crippen MR) is 69.3 cm³/mol. The molecule has 0 spiro atoms. The molecule has 1 aromatic heterocycles. The largest absolute Gasteiger partial charge is 0.481 e. The molecule has 0 fully saturated rings. The van der Waals surface area contributed by atoms with Gasteiger partial charge in [0.25, 0.3) is 0 Å². The average molecular weight is 266 g/mol. The van der Waals surface area contributed by atoms with E-state index < -0.39 is 5.97 Å². The zero-order valence-electron chi connectivity index (χ0n) is 11.1. The number of amides is 1. The standard InChI is InChI=1S/C13H19N3O3/c1-11(2)13(19)14-5-3-6-15-8-9-16(10-15)7-4-12(17)18/h8-10H,1,3-7H2,2H3,(H-,14,17,18,19)/p+1. The number of nitrogens with zero attached hydrogens (tertiary/aromatic N) is 2. The molecule has 0 aromatic carbocycles. The van der Waals surface area contributed by atoms with Gasteiger partial charge in [0, 0.05) is 18.5 Å². The molecule has 1 rings (SSSR count). The molecule has 0 aliphatic carbocycles. The lowest BCUT2D eigenvalue weighted by Gasteiger charge is -2.02. The Balaban J connectivity index is 2.25. The fraction of sp³-hybridized carbons (Fsp3) is 0.462. The van der Waals surface area contributed by atoms with Gasteiger partial charge in [0.2, 0.25) is 12.2 Å². The summed E-state index contributed by atoms with van der Waals surface area (Å²) in [7, 11) is 0. The summed E-state index contributed by atoms with van der Waals surface area (Å²) < 4.78 is 3.80. The van der Waals surface area contributed by atoms with Gasteiger partial charge in [0.1, 0.15) is 18.9 Å². The first kappa shape index (κ1) is 14.9. The van der Waals surface area contributed by atoms with Crippen LogP contribution in [0.2, 0.25) is 0 Å². The van der Waals surface area contributed by atoms with Gasteiger partial charge >= 0.3 is 5.97 Å². The minimum Gasteiger partial charge on any atom is -0.481 e. The number of aromatic nitrogens is 2. The SMILES string of the molecule is C=C(C)C(=O)NCCC[n+]1ccn(CCC(=O)O)c1. The molecule has 0 saturated heterocycles. The molecule has 104 valence electrons. The number of aryl methyl sites for hydroxylation is 2. The first-order valence-corrected chi connectivity index (χ1v) is 6.19. The van der Waals surface area contributed by atoms with Crippen molar-refractivity contribution in [1.29, 1.82) is 0 Å². The molecule has 0 unspecified atom stereocenters. The maximum atomic E-state index is 11.2. The van der Waals surface area contributed by atoms with Crippen molar-refractivity contribution < 1.29 is 19.3 Å². The summed E-state index contributed by atoms with van der Waals surface area (Å²) in [5.41, 5.74) is 0.507. The van der Waals surface area contributed by atoms with Crippen LogP contribution in [0.5, 0.6) is 0 Å². The van der Waals surface area contributed by atoms with Crippen LogP contribution in [0.25, 0.3) is 0 Å². The van der Waals surface area contributed by atoms with E-state index in [1.807, 2.05) is 27.9 Å². The van der Waals surface area contributed by atoms with Gasteiger partial charge in [0.15, 0.2) is 0 Å².